The lowest BCUT2D eigenvalue weighted by atomic mass is 11.0. The number of hydrogen-bond donors (Lipinski definition) is 0. The highest BCUT2D eigenvalue weighted by Gasteiger charge is 1.94. The van der Waals surface area contributed by atoms with Gasteiger partial charge in [0, 0.05) is 0 Å². The molecule has 1 aliphatic rings. The monoisotopic (exact) mass is 88.1 g/mol. The molecular weight excluding hydrogens is 80.0 g/mol. The maximum atomic E-state index is 8.81. The van der Waals surface area contributed by atoms with Crippen molar-refractivity contribution in [2.24, 2.45) is 0 Å². The van der Waals surface area contributed by atoms with Gasteiger partial charge in [0.15, 0.2) is 0 Å². The first-order valence-electron chi connectivity index (χ1n) is 1.89. The van der Waals surface area contributed by atoms with Crippen LogP contribution in [0.1, 0.15) is 6.92 Å². The van der Waals surface area contributed by atoms with Crippen molar-refractivity contribution in [3.63, 3.8) is 0 Å². The van der Waals surface area contributed by atoms with Crippen LogP contribution in [0.5, 0.6) is 0 Å². The van der Waals surface area contributed by atoms with E-state index in [0.29, 0.717) is 0 Å². The molecule has 0 aromatic carbocycles. The maximum absolute atomic E-state index is 8.81. The summed E-state index contributed by atoms with van der Waals surface area (Å²) in [6, 6.07) is 0. The van der Waals surface area contributed by atoms with E-state index >= 15 is 0 Å². The fraction of sp³-hybridized carbons (Fsp3) is 0.750. The van der Waals surface area contributed by atoms with E-state index in [1.165, 1.54) is 6.92 Å². The van der Waals surface area contributed by atoms with E-state index in [4.69, 9.17) is 4.79 Å². The largest absolute Gasteiger partial charge is 0.377 e. The average molecular weight is 88.1 g/mol. The lowest BCUT2D eigenvalue weighted by molar-refractivity contribution is -0.106. The highest BCUT2D eigenvalue weighted by molar-refractivity contribution is 5.44. The molecule has 36 valence electrons. The summed E-state index contributed by atoms with van der Waals surface area (Å²) in [5, 5.41) is 0. The molecule has 1 fully saturated rings. The Morgan fingerprint density at radius 1 is 1.67 bits per heavy atom. The quantitative estimate of drug-likeness (QED) is 0.313. The van der Waals surface area contributed by atoms with Crippen LogP contribution in [0, 0.1) is 0 Å². The van der Waals surface area contributed by atoms with Crippen LogP contribution in [0.4, 0.5) is 0 Å². The Hall–Kier alpha value is -0.370. The lowest BCUT2D eigenvalue weighted by Crippen LogP contribution is -1.36. The van der Waals surface area contributed by atoms with Crippen LogP contribution in [0.3, 0.4) is 0 Å². The summed E-state index contributed by atoms with van der Waals surface area (Å²) >= 11 is 0. The molecule has 1 aliphatic heterocycles. The first-order chi connectivity index (χ1) is 2.91. The number of carbonyl (C=O) groups is 1. The fourth-order valence-corrected chi connectivity index (χ4v) is 0. The molecule has 1 saturated heterocycles. The second-order valence-electron chi connectivity index (χ2n) is 0.848. The van der Waals surface area contributed by atoms with Crippen molar-refractivity contribution in [1.29, 1.82) is 0 Å². The van der Waals surface area contributed by atoms with E-state index in [1.54, 1.807) is 0 Å². The van der Waals surface area contributed by atoms with Crippen molar-refractivity contribution < 1.29 is 9.53 Å². The smallest absolute Gasteiger partial charge is 0.116 e. The summed E-state index contributed by atoms with van der Waals surface area (Å²) in [5.41, 5.74) is 0. The predicted molar refractivity (Wildman–Crippen MR) is 22.6 cm³/mol. The van der Waals surface area contributed by atoms with Crippen molar-refractivity contribution in [3.8, 4) is 0 Å². The SMILES string of the molecule is C1CO1.CC=O. The lowest BCUT2D eigenvalue weighted by Gasteiger charge is -1.24. The van der Waals surface area contributed by atoms with Gasteiger partial charge in [-0.2, -0.15) is 0 Å². The first-order valence-corrected chi connectivity index (χ1v) is 1.89. The van der Waals surface area contributed by atoms with Gasteiger partial charge in [0.2, 0.25) is 0 Å². The van der Waals surface area contributed by atoms with Gasteiger partial charge >= 0.3 is 0 Å². The van der Waals surface area contributed by atoms with Crippen LogP contribution in [0.25, 0.3) is 0 Å². The molecule has 0 N–H and O–H groups in total. The van der Waals surface area contributed by atoms with Crippen LogP contribution >= 0.6 is 0 Å². The summed E-state index contributed by atoms with van der Waals surface area (Å²) < 4.78 is 4.50. The molecule has 6 heavy (non-hydrogen) atoms. The minimum atomic E-state index is 0.750. The molecule has 0 unspecified atom stereocenters. The minimum absolute atomic E-state index is 0.750. The molecule has 0 saturated carbocycles. The van der Waals surface area contributed by atoms with E-state index in [9.17, 15) is 0 Å². The number of epoxide rings is 1. The van der Waals surface area contributed by atoms with Crippen molar-refractivity contribution in [1.82, 2.24) is 0 Å². The van der Waals surface area contributed by atoms with Gasteiger partial charge in [-0.15, -0.1) is 0 Å². The molecule has 2 nitrogen and oxygen atoms in total. The van der Waals surface area contributed by atoms with Gasteiger partial charge in [-0.3, -0.25) is 0 Å². The van der Waals surface area contributed by atoms with Gasteiger partial charge in [-0.25, -0.2) is 0 Å². The topological polar surface area (TPSA) is 29.6 Å². The third kappa shape index (κ3) is 63.3. The van der Waals surface area contributed by atoms with Gasteiger partial charge in [-0.1, -0.05) is 0 Å². The Labute approximate surface area is 37.1 Å². The summed E-state index contributed by atoms with van der Waals surface area (Å²) in [6.07, 6.45) is 0.750. The zero-order chi connectivity index (χ0) is 4.83. The van der Waals surface area contributed by atoms with Gasteiger partial charge in [0.05, 0.1) is 13.2 Å². The maximum Gasteiger partial charge on any atom is 0.116 e. The summed E-state index contributed by atoms with van der Waals surface area (Å²) in [6.45, 7) is 3.44. The predicted octanol–water partition coefficient (Wildman–Crippen LogP) is 0.222. The van der Waals surface area contributed by atoms with Gasteiger partial charge < -0.3 is 9.53 Å². The highest BCUT2D eigenvalue weighted by atomic mass is 16.6. The Balaban J connectivity index is 0.0000000833. The number of ether oxygens (including phenoxy) is 1. The Kier molecular flexibility index (Phi) is 4.34. The number of aldehydes is 1. The standard InChI is InChI=1S/2C2H4O/c1-2-3-1;1-2-3/h1-2H2;2H,1H3. The van der Waals surface area contributed by atoms with E-state index in [-0.39, 0.29) is 0 Å². The molecule has 0 amide bonds. The van der Waals surface area contributed by atoms with Crippen molar-refractivity contribution in [2.45, 2.75) is 6.92 Å². The first kappa shape index (κ1) is 5.63. The zero-order valence-electron chi connectivity index (χ0n) is 3.81. The van der Waals surface area contributed by atoms with Crippen LogP contribution in [0.2, 0.25) is 0 Å². The molecule has 0 atom stereocenters. The van der Waals surface area contributed by atoms with Crippen molar-refractivity contribution in [3.05, 3.63) is 0 Å². The fourth-order valence-electron chi connectivity index (χ4n) is 0. The average Bonchev–Trinajstić information content (AvgIpc) is 2.11. The third-order valence-corrected chi connectivity index (χ3v) is 0.204. The summed E-state index contributed by atoms with van der Waals surface area (Å²) in [4.78, 5) is 8.81. The van der Waals surface area contributed by atoms with E-state index in [1.807, 2.05) is 0 Å². The molecule has 0 bridgehead atoms. The second kappa shape index (κ2) is 4.63. The van der Waals surface area contributed by atoms with Crippen LogP contribution < -0.4 is 0 Å². The summed E-state index contributed by atoms with van der Waals surface area (Å²) in [5.74, 6) is 0. The van der Waals surface area contributed by atoms with Crippen LogP contribution in [-0.2, 0) is 9.53 Å². The summed E-state index contributed by atoms with van der Waals surface area (Å²) in [7, 11) is 0. The molecular formula is C4H8O2. The second-order valence-corrected chi connectivity index (χ2v) is 0.848. The van der Waals surface area contributed by atoms with E-state index in [0.717, 1.165) is 19.5 Å². The Morgan fingerprint density at radius 2 is 1.83 bits per heavy atom. The normalized spacial score (nSPS) is 14.2. The highest BCUT2D eigenvalue weighted by Crippen LogP contribution is 1.84. The van der Waals surface area contributed by atoms with Gasteiger partial charge in [0.1, 0.15) is 6.29 Å². The van der Waals surface area contributed by atoms with Gasteiger partial charge in [-0.05, 0) is 6.92 Å². The molecule has 2 heteroatoms. The van der Waals surface area contributed by atoms with E-state index < -0.39 is 0 Å². The van der Waals surface area contributed by atoms with Crippen LogP contribution in [-0.4, -0.2) is 19.5 Å². The minimum Gasteiger partial charge on any atom is -0.377 e. The zero-order valence-corrected chi connectivity index (χ0v) is 3.81. The molecule has 0 spiro atoms. The van der Waals surface area contributed by atoms with Crippen LogP contribution in [0.15, 0.2) is 0 Å². The molecule has 0 aliphatic carbocycles. The Morgan fingerprint density at radius 3 is 1.83 bits per heavy atom. The number of carbonyl (C=O) groups excluding carboxylic acids is 1. The third-order valence-electron chi connectivity index (χ3n) is 0.204. The molecule has 1 heterocycles. The van der Waals surface area contributed by atoms with E-state index in [2.05, 4.69) is 4.74 Å². The van der Waals surface area contributed by atoms with Crippen molar-refractivity contribution >= 4 is 6.29 Å². The molecule has 0 aromatic heterocycles. The molecule has 1 rings (SSSR count). The number of rotatable bonds is 0. The molecule has 0 aromatic rings. The number of hydrogen-bond acceptors (Lipinski definition) is 2. The Bertz CT molecular complexity index is 29.8. The van der Waals surface area contributed by atoms with Gasteiger partial charge in [0.25, 0.3) is 0 Å². The molecule has 0 radical (unpaired) electrons. The van der Waals surface area contributed by atoms with Crippen molar-refractivity contribution in [2.75, 3.05) is 13.2 Å².